The number of methoxy groups -OCH3 is 2. The van der Waals surface area contributed by atoms with Gasteiger partial charge in [0.1, 0.15) is 5.82 Å². The van der Waals surface area contributed by atoms with Gasteiger partial charge in [0, 0.05) is 6.07 Å². The van der Waals surface area contributed by atoms with Gasteiger partial charge >= 0.3 is 0 Å². The SMILES string of the molecule is COc1ccc(C=NNc2ccc(F)cc2F)cc1OC. The summed E-state index contributed by atoms with van der Waals surface area (Å²) in [7, 11) is 3.08. The molecule has 0 aliphatic heterocycles. The first-order valence-electron chi connectivity index (χ1n) is 6.10. The monoisotopic (exact) mass is 292 g/mol. The molecule has 4 nitrogen and oxygen atoms in total. The summed E-state index contributed by atoms with van der Waals surface area (Å²) >= 11 is 0. The van der Waals surface area contributed by atoms with E-state index in [2.05, 4.69) is 10.5 Å². The van der Waals surface area contributed by atoms with Crippen LogP contribution in [0.1, 0.15) is 5.56 Å². The molecule has 2 aromatic rings. The van der Waals surface area contributed by atoms with E-state index in [1.165, 1.54) is 19.4 Å². The van der Waals surface area contributed by atoms with Crippen LogP contribution in [0, 0.1) is 11.6 Å². The molecule has 6 heteroatoms. The fraction of sp³-hybridized carbons (Fsp3) is 0.133. The van der Waals surface area contributed by atoms with Crippen LogP contribution in [0.25, 0.3) is 0 Å². The zero-order valence-corrected chi connectivity index (χ0v) is 11.6. The molecule has 0 aromatic heterocycles. The lowest BCUT2D eigenvalue weighted by molar-refractivity contribution is 0.355. The highest BCUT2D eigenvalue weighted by molar-refractivity contribution is 5.81. The van der Waals surface area contributed by atoms with E-state index in [0.29, 0.717) is 11.5 Å². The smallest absolute Gasteiger partial charge is 0.161 e. The number of benzene rings is 2. The Morgan fingerprint density at radius 2 is 1.76 bits per heavy atom. The van der Waals surface area contributed by atoms with Crippen LogP contribution in [-0.4, -0.2) is 20.4 Å². The van der Waals surface area contributed by atoms with Crippen LogP contribution in [0.3, 0.4) is 0 Å². The van der Waals surface area contributed by atoms with Gasteiger partial charge in [0.25, 0.3) is 0 Å². The molecule has 0 saturated carbocycles. The van der Waals surface area contributed by atoms with E-state index in [0.717, 1.165) is 17.7 Å². The Balaban J connectivity index is 2.11. The molecule has 0 aliphatic rings. The van der Waals surface area contributed by atoms with E-state index in [1.807, 2.05) is 0 Å². The fourth-order valence-electron chi connectivity index (χ4n) is 1.69. The maximum atomic E-state index is 13.4. The lowest BCUT2D eigenvalue weighted by Gasteiger charge is -2.07. The second kappa shape index (κ2) is 6.69. The van der Waals surface area contributed by atoms with Gasteiger partial charge < -0.3 is 9.47 Å². The average Bonchev–Trinajstić information content (AvgIpc) is 2.49. The average molecular weight is 292 g/mol. The molecular formula is C15H14F2N2O2. The molecule has 0 fully saturated rings. The number of hydrazone groups is 1. The van der Waals surface area contributed by atoms with Crippen molar-refractivity contribution in [2.45, 2.75) is 0 Å². The molecule has 0 aliphatic carbocycles. The number of nitrogens with zero attached hydrogens (tertiary/aromatic N) is 1. The largest absolute Gasteiger partial charge is 0.493 e. The highest BCUT2D eigenvalue weighted by Gasteiger charge is 2.04. The normalized spacial score (nSPS) is 10.7. The number of halogens is 2. The number of rotatable bonds is 5. The van der Waals surface area contributed by atoms with Gasteiger partial charge in [-0.05, 0) is 35.9 Å². The van der Waals surface area contributed by atoms with Crippen molar-refractivity contribution in [2.24, 2.45) is 5.10 Å². The lowest BCUT2D eigenvalue weighted by Crippen LogP contribution is -1.95. The number of nitrogens with one attached hydrogen (secondary N) is 1. The second-order valence-electron chi connectivity index (χ2n) is 4.11. The van der Waals surface area contributed by atoms with E-state index >= 15 is 0 Å². The third-order valence-corrected chi connectivity index (χ3v) is 2.74. The summed E-state index contributed by atoms with van der Waals surface area (Å²) in [6.07, 6.45) is 1.49. The number of anilines is 1. The molecule has 0 bridgehead atoms. The van der Waals surface area contributed by atoms with Crippen molar-refractivity contribution in [1.82, 2.24) is 0 Å². The topological polar surface area (TPSA) is 42.8 Å². The molecule has 1 N–H and O–H groups in total. The van der Waals surface area contributed by atoms with E-state index in [9.17, 15) is 8.78 Å². The molecule has 0 spiro atoms. The summed E-state index contributed by atoms with van der Waals surface area (Å²) in [6.45, 7) is 0. The molecule has 2 rings (SSSR count). The van der Waals surface area contributed by atoms with Crippen molar-refractivity contribution in [3.63, 3.8) is 0 Å². The molecule has 0 saturated heterocycles. The van der Waals surface area contributed by atoms with Crippen LogP contribution in [0.15, 0.2) is 41.5 Å². The number of hydrogen-bond donors (Lipinski definition) is 1. The van der Waals surface area contributed by atoms with E-state index in [1.54, 1.807) is 25.3 Å². The second-order valence-corrected chi connectivity index (χ2v) is 4.11. The van der Waals surface area contributed by atoms with Crippen LogP contribution in [-0.2, 0) is 0 Å². The van der Waals surface area contributed by atoms with Gasteiger partial charge in [0.2, 0.25) is 0 Å². The maximum Gasteiger partial charge on any atom is 0.161 e. The van der Waals surface area contributed by atoms with Gasteiger partial charge in [-0.3, -0.25) is 5.43 Å². The molecule has 0 amide bonds. The lowest BCUT2D eigenvalue weighted by atomic mass is 10.2. The molecule has 21 heavy (non-hydrogen) atoms. The van der Waals surface area contributed by atoms with Gasteiger partial charge in [-0.25, -0.2) is 8.78 Å². The minimum Gasteiger partial charge on any atom is -0.493 e. The van der Waals surface area contributed by atoms with Gasteiger partial charge in [0.05, 0.1) is 26.1 Å². The van der Waals surface area contributed by atoms with E-state index < -0.39 is 11.6 Å². The highest BCUT2D eigenvalue weighted by atomic mass is 19.1. The number of hydrogen-bond acceptors (Lipinski definition) is 4. The summed E-state index contributed by atoms with van der Waals surface area (Å²) in [4.78, 5) is 0. The summed E-state index contributed by atoms with van der Waals surface area (Å²) in [6, 6.07) is 8.44. The molecule has 0 heterocycles. The summed E-state index contributed by atoms with van der Waals surface area (Å²) < 4.78 is 36.4. The Hall–Kier alpha value is -2.63. The van der Waals surface area contributed by atoms with Crippen molar-refractivity contribution < 1.29 is 18.3 Å². The Morgan fingerprint density at radius 3 is 2.43 bits per heavy atom. The van der Waals surface area contributed by atoms with Crippen LogP contribution in [0.4, 0.5) is 14.5 Å². The van der Waals surface area contributed by atoms with Crippen molar-refractivity contribution in [2.75, 3.05) is 19.6 Å². The molecule has 0 atom stereocenters. The molecule has 0 unspecified atom stereocenters. The predicted molar refractivity (Wildman–Crippen MR) is 77.1 cm³/mol. The molecule has 0 radical (unpaired) electrons. The van der Waals surface area contributed by atoms with Crippen molar-refractivity contribution >= 4 is 11.9 Å². The minimum absolute atomic E-state index is 0.0909. The van der Waals surface area contributed by atoms with Crippen LogP contribution >= 0.6 is 0 Å². The van der Waals surface area contributed by atoms with Gasteiger partial charge in [0.15, 0.2) is 17.3 Å². The van der Waals surface area contributed by atoms with Crippen LogP contribution in [0.2, 0.25) is 0 Å². The van der Waals surface area contributed by atoms with Crippen molar-refractivity contribution in [3.05, 3.63) is 53.6 Å². The van der Waals surface area contributed by atoms with E-state index in [-0.39, 0.29) is 5.69 Å². The quantitative estimate of drug-likeness (QED) is 0.678. The molecule has 110 valence electrons. The zero-order valence-electron chi connectivity index (χ0n) is 11.6. The van der Waals surface area contributed by atoms with Gasteiger partial charge in [-0.1, -0.05) is 0 Å². The fourth-order valence-corrected chi connectivity index (χ4v) is 1.69. The first kappa shape index (κ1) is 14.8. The van der Waals surface area contributed by atoms with Crippen LogP contribution in [0.5, 0.6) is 11.5 Å². The summed E-state index contributed by atoms with van der Waals surface area (Å²) in [5.74, 6) is -0.178. The third-order valence-electron chi connectivity index (χ3n) is 2.74. The molecular weight excluding hydrogens is 278 g/mol. The van der Waals surface area contributed by atoms with Crippen LogP contribution < -0.4 is 14.9 Å². The Kier molecular flexibility index (Phi) is 4.71. The molecule has 2 aromatic carbocycles. The first-order chi connectivity index (χ1) is 10.1. The van der Waals surface area contributed by atoms with Gasteiger partial charge in [-0.2, -0.15) is 5.10 Å². The zero-order chi connectivity index (χ0) is 15.2. The summed E-state index contributed by atoms with van der Waals surface area (Å²) in [5.41, 5.74) is 3.34. The maximum absolute atomic E-state index is 13.4. The minimum atomic E-state index is -0.709. The van der Waals surface area contributed by atoms with Crippen molar-refractivity contribution in [3.8, 4) is 11.5 Å². The number of ether oxygens (including phenoxy) is 2. The Morgan fingerprint density at radius 1 is 1.00 bits per heavy atom. The van der Waals surface area contributed by atoms with Gasteiger partial charge in [-0.15, -0.1) is 0 Å². The first-order valence-corrected chi connectivity index (χ1v) is 6.10. The van der Waals surface area contributed by atoms with Crippen molar-refractivity contribution in [1.29, 1.82) is 0 Å². The van der Waals surface area contributed by atoms with E-state index in [4.69, 9.17) is 9.47 Å². The highest BCUT2D eigenvalue weighted by Crippen LogP contribution is 2.26. The third kappa shape index (κ3) is 3.68. The Bertz CT molecular complexity index is 660. The summed E-state index contributed by atoms with van der Waals surface area (Å²) in [5, 5.41) is 3.90. The Labute approximate surface area is 121 Å². The standard InChI is InChI=1S/C15H14F2N2O2/c1-20-14-6-3-10(7-15(14)21-2)9-18-19-13-5-4-11(16)8-12(13)17/h3-9,19H,1-2H3. The predicted octanol–water partition coefficient (Wildman–Crippen LogP) is 3.43.